The highest BCUT2D eigenvalue weighted by atomic mass is 16.5. The standard InChI is InChI=1S/C12H20N2O5/c15-6-5-14(9-2-1-3-9)11(18)13-12(10(16)17)4-7-19-8-12/h9,15H,1-8H2,(H,13,18)(H,16,17). The Bertz CT molecular complexity index is 350. The fraction of sp³-hybridized carbons (Fsp3) is 0.833. The number of aliphatic hydroxyl groups is 1. The number of rotatable bonds is 5. The summed E-state index contributed by atoms with van der Waals surface area (Å²) < 4.78 is 5.10. The van der Waals surface area contributed by atoms with E-state index in [1.165, 1.54) is 4.90 Å². The first-order valence-electron chi connectivity index (χ1n) is 6.60. The average molecular weight is 272 g/mol. The van der Waals surface area contributed by atoms with Crippen LogP contribution >= 0.6 is 0 Å². The number of aliphatic carboxylic acids is 1. The summed E-state index contributed by atoms with van der Waals surface area (Å²) in [4.78, 5) is 25.1. The maximum Gasteiger partial charge on any atom is 0.332 e. The minimum Gasteiger partial charge on any atom is -0.479 e. The number of carboxylic acids is 1. The van der Waals surface area contributed by atoms with Gasteiger partial charge in [-0.05, 0) is 19.3 Å². The van der Waals surface area contributed by atoms with E-state index < -0.39 is 17.5 Å². The minimum absolute atomic E-state index is 0.00823. The van der Waals surface area contributed by atoms with E-state index in [9.17, 15) is 14.7 Å². The summed E-state index contributed by atoms with van der Waals surface area (Å²) in [5.74, 6) is -1.07. The number of carbonyl (C=O) groups excluding carboxylic acids is 1. The zero-order valence-corrected chi connectivity index (χ0v) is 10.8. The highest BCUT2D eigenvalue weighted by Crippen LogP contribution is 2.26. The Kier molecular flexibility index (Phi) is 4.26. The van der Waals surface area contributed by atoms with E-state index in [2.05, 4.69) is 5.32 Å². The fourth-order valence-electron chi connectivity index (χ4n) is 2.42. The first-order chi connectivity index (χ1) is 9.09. The molecule has 3 N–H and O–H groups in total. The number of carbonyl (C=O) groups is 2. The summed E-state index contributed by atoms with van der Waals surface area (Å²) >= 11 is 0. The maximum atomic E-state index is 12.2. The third-order valence-electron chi connectivity index (χ3n) is 3.89. The van der Waals surface area contributed by atoms with Crippen LogP contribution in [0.2, 0.25) is 0 Å². The predicted octanol–water partition coefficient (Wildman–Crippen LogP) is -0.214. The van der Waals surface area contributed by atoms with Gasteiger partial charge in [-0.25, -0.2) is 9.59 Å². The molecule has 0 aromatic carbocycles. The lowest BCUT2D eigenvalue weighted by Crippen LogP contribution is -2.60. The molecule has 1 heterocycles. The van der Waals surface area contributed by atoms with Crippen molar-refractivity contribution in [1.82, 2.24) is 10.2 Å². The third-order valence-corrected chi connectivity index (χ3v) is 3.89. The number of hydrogen-bond donors (Lipinski definition) is 3. The molecule has 7 nitrogen and oxygen atoms in total. The fourth-order valence-corrected chi connectivity index (χ4v) is 2.42. The van der Waals surface area contributed by atoms with Gasteiger partial charge in [0.1, 0.15) is 0 Å². The maximum absolute atomic E-state index is 12.2. The van der Waals surface area contributed by atoms with Gasteiger partial charge in [0.05, 0.1) is 13.2 Å². The van der Waals surface area contributed by atoms with E-state index in [1.807, 2.05) is 0 Å². The molecule has 1 aliphatic carbocycles. The van der Waals surface area contributed by atoms with Crippen molar-refractivity contribution >= 4 is 12.0 Å². The summed E-state index contributed by atoms with van der Waals surface area (Å²) in [6.07, 6.45) is 3.15. The van der Waals surface area contributed by atoms with E-state index in [4.69, 9.17) is 9.84 Å². The molecule has 7 heteroatoms. The lowest BCUT2D eigenvalue weighted by Gasteiger charge is -2.38. The van der Waals surface area contributed by atoms with Crippen molar-refractivity contribution in [2.75, 3.05) is 26.4 Å². The van der Waals surface area contributed by atoms with Crippen LogP contribution in [0, 0.1) is 0 Å². The van der Waals surface area contributed by atoms with Crippen LogP contribution in [-0.2, 0) is 9.53 Å². The van der Waals surface area contributed by atoms with Crippen LogP contribution in [0.25, 0.3) is 0 Å². The van der Waals surface area contributed by atoms with Gasteiger partial charge in [-0.15, -0.1) is 0 Å². The third kappa shape index (κ3) is 2.82. The lowest BCUT2D eigenvalue weighted by molar-refractivity contribution is -0.144. The Morgan fingerprint density at radius 3 is 2.58 bits per heavy atom. The number of carboxylic acid groups (broad SMARTS) is 1. The van der Waals surface area contributed by atoms with Gasteiger partial charge in [0.15, 0.2) is 5.54 Å². The van der Waals surface area contributed by atoms with Gasteiger partial charge in [-0.2, -0.15) is 0 Å². The largest absolute Gasteiger partial charge is 0.479 e. The highest BCUT2D eigenvalue weighted by Gasteiger charge is 2.45. The molecule has 1 saturated carbocycles. The number of amides is 2. The van der Waals surface area contributed by atoms with Crippen molar-refractivity contribution in [3.8, 4) is 0 Å². The SMILES string of the molecule is O=C(NC1(C(=O)O)CCOC1)N(CCO)C1CCC1. The predicted molar refractivity (Wildman–Crippen MR) is 65.8 cm³/mol. The molecule has 1 saturated heterocycles. The molecule has 2 rings (SSSR count). The number of nitrogens with one attached hydrogen (secondary N) is 1. The van der Waals surface area contributed by atoms with Gasteiger partial charge in [0, 0.05) is 25.6 Å². The van der Waals surface area contributed by atoms with E-state index in [0.29, 0.717) is 6.61 Å². The Morgan fingerprint density at radius 1 is 1.42 bits per heavy atom. The molecule has 1 atom stereocenters. The Labute approximate surface area is 111 Å². The molecule has 1 unspecified atom stereocenters. The molecular formula is C12H20N2O5. The van der Waals surface area contributed by atoms with Crippen LogP contribution in [0.4, 0.5) is 4.79 Å². The minimum atomic E-state index is -1.32. The molecule has 2 fully saturated rings. The van der Waals surface area contributed by atoms with Gasteiger partial charge < -0.3 is 25.2 Å². The number of aliphatic hydroxyl groups excluding tert-OH is 1. The average Bonchev–Trinajstić information content (AvgIpc) is 2.76. The first kappa shape index (κ1) is 14.1. The topological polar surface area (TPSA) is 99.1 Å². The number of hydrogen-bond acceptors (Lipinski definition) is 4. The quantitative estimate of drug-likeness (QED) is 0.643. The summed E-state index contributed by atoms with van der Waals surface area (Å²) in [5.41, 5.74) is -1.32. The second-order valence-electron chi connectivity index (χ2n) is 5.12. The van der Waals surface area contributed by atoms with Crippen LogP contribution < -0.4 is 5.32 Å². The monoisotopic (exact) mass is 272 g/mol. The summed E-state index contributed by atoms with van der Waals surface area (Å²) in [6, 6.07) is -0.313. The van der Waals surface area contributed by atoms with E-state index in [-0.39, 0.29) is 32.2 Å². The zero-order valence-electron chi connectivity index (χ0n) is 10.8. The number of urea groups is 1. The zero-order chi connectivity index (χ0) is 13.9. The summed E-state index contributed by atoms with van der Waals surface area (Å²) in [7, 11) is 0. The Hall–Kier alpha value is -1.34. The summed E-state index contributed by atoms with van der Waals surface area (Å²) in [5, 5.41) is 20.9. The van der Waals surface area contributed by atoms with Gasteiger partial charge in [0.25, 0.3) is 0 Å². The molecule has 108 valence electrons. The van der Waals surface area contributed by atoms with Crippen molar-refractivity contribution in [2.45, 2.75) is 37.3 Å². The number of ether oxygens (including phenoxy) is 1. The smallest absolute Gasteiger partial charge is 0.332 e. The summed E-state index contributed by atoms with van der Waals surface area (Å²) in [6.45, 7) is 0.426. The molecule has 0 radical (unpaired) electrons. The molecule has 0 aromatic rings. The molecule has 1 aliphatic heterocycles. The molecule has 0 spiro atoms. The molecule has 2 amide bonds. The van der Waals surface area contributed by atoms with Crippen molar-refractivity contribution < 1.29 is 24.5 Å². The van der Waals surface area contributed by atoms with Gasteiger partial charge in [-0.3, -0.25) is 0 Å². The van der Waals surface area contributed by atoms with Crippen LogP contribution in [0.1, 0.15) is 25.7 Å². The van der Waals surface area contributed by atoms with Gasteiger partial charge >= 0.3 is 12.0 Å². The molecule has 19 heavy (non-hydrogen) atoms. The van der Waals surface area contributed by atoms with Crippen molar-refractivity contribution in [3.63, 3.8) is 0 Å². The Morgan fingerprint density at radius 2 is 2.16 bits per heavy atom. The van der Waals surface area contributed by atoms with Crippen molar-refractivity contribution in [2.24, 2.45) is 0 Å². The number of nitrogens with zero attached hydrogens (tertiary/aromatic N) is 1. The Balaban J connectivity index is 2.02. The second kappa shape index (κ2) is 5.75. The highest BCUT2D eigenvalue weighted by molar-refractivity contribution is 5.87. The van der Waals surface area contributed by atoms with Crippen LogP contribution in [-0.4, -0.2) is 65.1 Å². The van der Waals surface area contributed by atoms with Gasteiger partial charge in [0.2, 0.25) is 0 Å². The van der Waals surface area contributed by atoms with E-state index in [0.717, 1.165) is 19.3 Å². The van der Waals surface area contributed by atoms with Crippen LogP contribution in [0.5, 0.6) is 0 Å². The van der Waals surface area contributed by atoms with E-state index >= 15 is 0 Å². The normalized spacial score (nSPS) is 26.8. The molecule has 0 aromatic heterocycles. The molecule has 0 bridgehead atoms. The van der Waals surface area contributed by atoms with E-state index in [1.54, 1.807) is 0 Å². The van der Waals surface area contributed by atoms with Crippen LogP contribution in [0.3, 0.4) is 0 Å². The van der Waals surface area contributed by atoms with Crippen molar-refractivity contribution in [1.29, 1.82) is 0 Å². The van der Waals surface area contributed by atoms with Crippen molar-refractivity contribution in [3.05, 3.63) is 0 Å². The second-order valence-corrected chi connectivity index (χ2v) is 5.12. The van der Waals surface area contributed by atoms with Crippen LogP contribution in [0.15, 0.2) is 0 Å². The lowest BCUT2D eigenvalue weighted by atomic mass is 9.91. The van der Waals surface area contributed by atoms with Gasteiger partial charge in [-0.1, -0.05) is 0 Å². The molecular weight excluding hydrogens is 252 g/mol. The first-order valence-corrected chi connectivity index (χ1v) is 6.60. The molecule has 2 aliphatic rings.